The van der Waals surface area contributed by atoms with Gasteiger partial charge in [0.15, 0.2) is 0 Å². The molecule has 1 atom stereocenters. The van der Waals surface area contributed by atoms with Gasteiger partial charge in [0.05, 0.1) is 19.1 Å². The second kappa shape index (κ2) is 8.42. The summed E-state index contributed by atoms with van der Waals surface area (Å²) in [6, 6.07) is 12.3. The van der Waals surface area contributed by atoms with E-state index in [1.807, 2.05) is 0 Å². The van der Waals surface area contributed by atoms with Crippen molar-refractivity contribution in [3.63, 3.8) is 0 Å². The van der Waals surface area contributed by atoms with Crippen LogP contribution < -0.4 is 14.4 Å². The number of benzene rings is 2. The number of sulfonamides is 1. The molecule has 2 aromatic carbocycles. The predicted molar refractivity (Wildman–Crippen MR) is 104 cm³/mol. The Morgan fingerprint density at radius 3 is 2.50 bits per heavy atom. The summed E-state index contributed by atoms with van der Waals surface area (Å²) >= 11 is 5.93. The monoisotopic (exact) mass is 396 g/mol. The number of hydrogen-bond donors (Lipinski definition) is 1. The summed E-state index contributed by atoms with van der Waals surface area (Å²) in [4.78, 5) is 12.8. The van der Waals surface area contributed by atoms with Gasteiger partial charge in [-0.25, -0.2) is 8.42 Å². The predicted octanol–water partition coefficient (Wildman–Crippen LogP) is 3.53. The first-order chi connectivity index (χ1) is 12.3. The first kappa shape index (κ1) is 20.1. The minimum Gasteiger partial charge on any atom is -0.497 e. The van der Waals surface area contributed by atoms with Gasteiger partial charge < -0.3 is 10.1 Å². The van der Waals surface area contributed by atoms with Crippen LogP contribution in [0.15, 0.2) is 48.5 Å². The molecule has 2 rings (SSSR count). The van der Waals surface area contributed by atoms with Crippen LogP contribution in [0.4, 0.5) is 11.4 Å². The van der Waals surface area contributed by atoms with Crippen LogP contribution in [-0.4, -0.2) is 33.7 Å². The molecular weight excluding hydrogens is 376 g/mol. The maximum Gasteiger partial charge on any atom is 0.248 e. The van der Waals surface area contributed by atoms with Gasteiger partial charge in [-0.15, -0.1) is 0 Å². The van der Waals surface area contributed by atoms with Gasteiger partial charge in [-0.05, 0) is 36.8 Å². The molecule has 1 amide bonds. The third-order valence-electron chi connectivity index (χ3n) is 3.73. The lowest BCUT2D eigenvalue weighted by Crippen LogP contribution is -2.47. The normalized spacial score (nSPS) is 12.3. The lowest BCUT2D eigenvalue weighted by Gasteiger charge is -2.30. The maximum absolute atomic E-state index is 12.8. The van der Waals surface area contributed by atoms with Gasteiger partial charge >= 0.3 is 0 Å². The van der Waals surface area contributed by atoms with Crippen LogP contribution in [0.1, 0.15) is 13.3 Å². The van der Waals surface area contributed by atoms with Crippen molar-refractivity contribution in [1.29, 1.82) is 0 Å². The number of nitrogens with zero attached hydrogens (tertiary/aromatic N) is 1. The third kappa shape index (κ3) is 4.89. The van der Waals surface area contributed by atoms with E-state index in [4.69, 9.17) is 16.3 Å². The Kier molecular flexibility index (Phi) is 6.50. The quantitative estimate of drug-likeness (QED) is 0.776. The smallest absolute Gasteiger partial charge is 0.248 e. The fraction of sp³-hybridized carbons (Fsp3) is 0.278. The fourth-order valence-electron chi connectivity index (χ4n) is 2.60. The summed E-state index contributed by atoms with van der Waals surface area (Å²) in [5.74, 6) is 0.0595. The fourth-order valence-corrected chi connectivity index (χ4v) is 3.99. The molecule has 0 aliphatic carbocycles. The van der Waals surface area contributed by atoms with Gasteiger partial charge in [0.2, 0.25) is 15.9 Å². The van der Waals surface area contributed by atoms with Crippen molar-refractivity contribution in [1.82, 2.24) is 0 Å². The second-order valence-corrected chi connectivity index (χ2v) is 7.98. The molecule has 0 aliphatic rings. The molecule has 0 aromatic heterocycles. The number of halogens is 1. The molecule has 140 valence electrons. The van der Waals surface area contributed by atoms with E-state index in [1.165, 1.54) is 7.11 Å². The van der Waals surface area contributed by atoms with Gasteiger partial charge in [0, 0.05) is 16.8 Å². The number of amides is 1. The molecule has 0 radical (unpaired) electrons. The Hall–Kier alpha value is -2.25. The molecule has 0 saturated carbocycles. The molecular formula is C18H21ClN2O4S. The third-order valence-corrected chi connectivity index (χ3v) is 5.14. The summed E-state index contributed by atoms with van der Waals surface area (Å²) < 4.78 is 31.1. The molecule has 0 fully saturated rings. The van der Waals surface area contributed by atoms with Crippen LogP contribution >= 0.6 is 11.6 Å². The number of rotatable bonds is 7. The molecule has 26 heavy (non-hydrogen) atoms. The Labute approximate surface area is 158 Å². The maximum atomic E-state index is 12.8. The highest BCUT2D eigenvalue weighted by Gasteiger charge is 2.31. The highest BCUT2D eigenvalue weighted by Crippen LogP contribution is 2.27. The van der Waals surface area contributed by atoms with Gasteiger partial charge in [-0.3, -0.25) is 9.10 Å². The Morgan fingerprint density at radius 2 is 1.92 bits per heavy atom. The minimum atomic E-state index is -3.71. The van der Waals surface area contributed by atoms with Crippen LogP contribution in [0.3, 0.4) is 0 Å². The molecule has 6 nitrogen and oxygen atoms in total. The first-order valence-electron chi connectivity index (χ1n) is 7.96. The second-order valence-electron chi connectivity index (χ2n) is 5.68. The molecule has 0 aliphatic heterocycles. The first-order valence-corrected chi connectivity index (χ1v) is 10.2. The molecule has 0 spiro atoms. The highest BCUT2D eigenvalue weighted by atomic mass is 35.5. The standard InChI is InChI=1S/C18H21ClN2O4S/c1-4-17(18(22)20-14-8-5-7-13(19)11-14)21(26(3,23)24)15-9-6-10-16(12-15)25-2/h5-12,17H,4H2,1-3H3,(H,20,22). The van der Waals surface area contributed by atoms with Gasteiger partial charge in [-0.1, -0.05) is 30.7 Å². The minimum absolute atomic E-state index is 0.288. The number of carbonyl (C=O) groups is 1. The van der Waals surface area contributed by atoms with E-state index in [-0.39, 0.29) is 6.42 Å². The zero-order valence-electron chi connectivity index (χ0n) is 14.8. The van der Waals surface area contributed by atoms with E-state index in [0.29, 0.717) is 22.1 Å². The lowest BCUT2D eigenvalue weighted by atomic mass is 10.1. The topological polar surface area (TPSA) is 75.7 Å². The Balaban J connectivity index is 2.39. The average molecular weight is 397 g/mol. The number of hydrogen-bond acceptors (Lipinski definition) is 4. The number of ether oxygens (including phenoxy) is 1. The van der Waals surface area contributed by atoms with E-state index in [9.17, 15) is 13.2 Å². The average Bonchev–Trinajstić information content (AvgIpc) is 2.58. The zero-order valence-corrected chi connectivity index (χ0v) is 16.3. The van der Waals surface area contributed by atoms with E-state index in [2.05, 4.69) is 5.32 Å². The summed E-state index contributed by atoms with van der Waals surface area (Å²) in [5.41, 5.74) is 0.861. The van der Waals surface area contributed by atoms with Crippen molar-refractivity contribution >= 4 is 38.9 Å². The largest absolute Gasteiger partial charge is 0.497 e. The Morgan fingerprint density at radius 1 is 1.23 bits per heavy atom. The van der Waals surface area contributed by atoms with E-state index in [0.717, 1.165) is 10.6 Å². The molecule has 0 bridgehead atoms. The van der Waals surface area contributed by atoms with Crippen molar-refractivity contribution in [2.45, 2.75) is 19.4 Å². The van der Waals surface area contributed by atoms with Crippen molar-refractivity contribution in [3.05, 3.63) is 53.6 Å². The molecule has 0 saturated heterocycles. The SMILES string of the molecule is CCC(C(=O)Nc1cccc(Cl)c1)N(c1cccc(OC)c1)S(C)(=O)=O. The number of carbonyl (C=O) groups excluding carboxylic acids is 1. The summed E-state index contributed by atoms with van der Waals surface area (Å²) in [5, 5.41) is 3.20. The number of nitrogens with one attached hydrogen (secondary N) is 1. The van der Waals surface area contributed by atoms with Crippen LogP contribution in [0.25, 0.3) is 0 Å². The van der Waals surface area contributed by atoms with Crippen LogP contribution in [-0.2, 0) is 14.8 Å². The van der Waals surface area contributed by atoms with Crippen molar-refractivity contribution < 1.29 is 17.9 Å². The molecule has 8 heteroatoms. The van der Waals surface area contributed by atoms with Gasteiger partial charge in [0.1, 0.15) is 11.8 Å². The zero-order chi connectivity index (χ0) is 19.3. The summed E-state index contributed by atoms with van der Waals surface area (Å²) in [7, 11) is -2.22. The van der Waals surface area contributed by atoms with Crippen LogP contribution in [0, 0.1) is 0 Å². The van der Waals surface area contributed by atoms with Crippen LogP contribution in [0.2, 0.25) is 5.02 Å². The molecule has 1 unspecified atom stereocenters. The number of methoxy groups -OCH3 is 1. The van der Waals surface area contributed by atoms with E-state index < -0.39 is 22.0 Å². The van der Waals surface area contributed by atoms with Crippen LogP contribution in [0.5, 0.6) is 5.75 Å². The molecule has 2 aromatic rings. The summed E-state index contributed by atoms with van der Waals surface area (Å²) in [6.45, 7) is 1.75. The van der Waals surface area contributed by atoms with Gasteiger partial charge in [-0.2, -0.15) is 0 Å². The van der Waals surface area contributed by atoms with Crippen molar-refractivity contribution in [2.75, 3.05) is 23.0 Å². The number of anilines is 2. The summed E-state index contributed by atoms with van der Waals surface area (Å²) in [6.07, 6.45) is 1.36. The van der Waals surface area contributed by atoms with Crippen molar-refractivity contribution in [2.24, 2.45) is 0 Å². The molecule has 1 N–H and O–H groups in total. The van der Waals surface area contributed by atoms with Crippen molar-refractivity contribution in [3.8, 4) is 5.75 Å². The van der Waals surface area contributed by atoms with E-state index >= 15 is 0 Å². The molecule has 0 heterocycles. The lowest BCUT2D eigenvalue weighted by molar-refractivity contribution is -0.117. The highest BCUT2D eigenvalue weighted by molar-refractivity contribution is 7.92. The van der Waals surface area contributed by atoms with E-state index in [1.54, 1.807) is 55.5 Å². The Bertz CT molecular complexity index is 886. The van der Waals surface area contributed by atoms with Gasteiger partial charge in [0.25, 0.3) is 0 Å².